The van der Waals surface area contributed by atoms with Gasteiger partial charge in [0.05, 0.1) is 5.41 Å². The molecule has 0 spiro atoms. The second-order valence-corrected chi connectivity index (χ2v) is 15.7. The molecule has 5 aliphatic rings. The second-order valence-electron chi connectivity index (χ2n) is 15.7. The highest BCUT2D eigenvalue weighted by Gasteiger charge is 2.71. The first-order valence-corrected chi connectivity index (χ1v) is 14.6. The lowest BCUT2D eigenvalue weighted by molar-refractivity contribution is -0.219. The molecule has 5 rings (SSSR count). The fourth-order valence-corrected chi connectivity index (χ4v) is 11.0. The van der Waals surface area contributed by atoms with Gasteiger partial charge in [-0.05, 0) is 104 Å². The topological polar surface area (TPSA) is 63.6 Å². The van der Waals surface area contributed by atoms with Crippen LogP contribution in [0.3, 0.4) is 0 Å². The Morgan fingerprint density at radius 2 is 1.56 bits per heavy atom. The van der Waals surface area contributed by atoms with Gasteiger partial charge in [0.15, 0.2) is 0 Å². The number of carbonyl (C=O) groups is 2. The summed E-state index contributed by atoms with van der Waals surface area (Å²) < 4.78 is 5.85. The van der Waals surface area contributed by atoms with Gasteiger partial charge in [0, 0.05) is 12.3 Å². The van der Waals surface area contributed by atoms with Crippen LogP contribution in [0.4, 0.5) is 0 Å². The molecule has 4 fully saturated rings. The zero-order valence-corrected chi connectivity index (χ0v) is 24.1. The van der Waals surface area contributed by atoms with Gasteiger partial charge < -0.3 is 9.84 Å². The number of allylic oxidation sites excluding steroid dienone is 1. The Kier molecular flexibility index (Phi) is 5.74. The van der Waals surface area contributed by atoms with Crippen molar-refractivity contribution in [2.24, 2.45) is 50.2 Å². The molecule has 0 aromatic rings. The summed E-state index contributed by atoms with van der Waals surface area (Å²) in [4.78, 5) is 25.5. The zero-order valence-electron chi connectivity index (χ0n) is 24.1. The summed E-state index contributed by atoms with van der Waals surface area (Å²) in [5.74, 6) is 0.381. The fraction of sp³-hybridized carbons (Fsp3) is 0.875. The van der Waals surface area contributed by atoms with Crippen molar-refractivity contribution in [2.45, 2.75) is 126 Å². The molecule has 4 saturated carbocycles. The lowest BCUT2D eigenvalue weighted by Gasteiger charge is -2.70. The minimum atomic E-state index is -0.752. The van der Waals surface area contributed by atoms with E-state index in [-0.39, 0.29) is 39.1 Å². The first-order chi connectivity index (χ1) is 16.5. The predicted octanol–water partition coefficient (Wildman–Crippen LogP) is 7.80. The van der Waals surface area contributed by atoms with Gasteiger partial charge >= 0.3 is 11.9 Å². The van der Waals surface area contributed by atoms with Crippen LogP contribution in [-0.4, -0.2) is 23.1 Å². The van der Waals surface area contributed by atoms with Gasteiger partial charge in [0.1, 0.15) is 6.10 Å². The van der Waals surface area contributed by atoms with Gasteiger partial charge in [-0.25, -0.2) is 0 Å². The van der Waals surface area contributed by atoms with Crippen LogP contribution in [0.2, 0.25) is 0 Å². The van der Waals surface area contributed by atoms with E-state index in [0.29, 0.717) is 17.8 Å². The standard InChI is InChI=1S/C32H50O4/c1-20(33)36-25-12-13-30(7)23(28(25,4)5)11-14-31(8)24(30)10-9-21-22-19-27(2,3)15-16-29(22,6)17-18-32(21,31)26(34)35/h9,22-25H,10-19H2,1-8H3,(H,34,35)/t22?,23?,24?,25-,29+,30-,31+,32+/m0/s1. The van der Waals surface area contributed by atoms with E-state index in [1.807, 2.05) is 0 Å². The average Bonchev–Trinajstić information content (AvgIpc) is 2.75. The van der Waals surface area contributed by atoms with Crippen LogP contribution in [0.5, 0.6) is 0 Å². The van der Waals surface area contributed by atoms with Gasteiger partial charge in [-0.1, -0.05) is 60.1 Å². The van der Waals surface area contributed by atoms with Crippen LogP contribution in [-0.2, 0) is 14.3 Å². The Labute approximate surface area is 219 Å². The molecule has 0 bridgehead atoms. The summed E-state index contributed by atoms with van der Waals surface area (Å²) in [5, 5.41) is 11.2. The smallest absolute Gasteiger partial charge is 0.314 e. The molecule has 4 nitrogen and oxygen atoms in total. The van der Waals surface area contributed by atoms with Crippen LogP contribution in [0.15, 0.2) is 11.6 Å². The van der Waals surface area contributed by atoms with Gasteiger partial charge in [-0.3, -0.25) is 9.59 Å². The predicted molar refractivity (Wildman–Crippen MR) is 142 cm³/mol. The second kappa shape index (κ2) is 7.85. The zero-order chi connectivity index (χ0) is 26.5. The molecule has 5 aliphatic carbocycles. The average molecular weight is 499 g/mol. The van der Waals surface area contributed by atoms with E-state index in [4.69, 9.17) is 4.74 Å². The number of fused-ring (bicyclic) bond motifs is 7. The molecule has 202 valence electrons. The molecule has 0 radical (unpaired) electrons. The summed E-state index contributed by atoms with van der Waals surface area (Å²) >= 11 is 0. The SMILES string of the molecule is CC(=O)O[C@H]1CC[C@@]2(C)C(CC[C@]3(C)C2CC=C2C4CC(C)(C)CC[C@]4(C)CC[C@]23C(=O)O)C1(C)C. The molecule has 1 N–H and O–H groups in total. The third-order valence-corrected chi connectivity index (χ3v) is 13.1. The van der Waals surface area contributed by atoms with Crippen molar-refractivity contribution >= 4 is 11.9 Å². The van der Waals surface area contributed by atoms with E-state index in [9.17, 15) is 14.7 Å². The molecule has 36 heavy (non-hydrogen) atoms. The number of carboxylic acids is 1. The number of carboxylic acid groups (broad SMARTS) is 1. The maximum Gasteiger partial charge on any atom is 0.314 e. The van der Waals surface area contributed by atoms with Crippen LogP contribution in [0.25, 0.3) is 0 Å². The third kappa shape index (κ3) is 3.30. The number of hydrogen-bond donors (Lipinski definition) is 1. The first-order valence-electron chi connectivity index (χ1n) is 14.6. The molecule has 0 aliphatic heterocycles. The largest absolute Gasteiger partial charge is 0.481 e. The van der Waals surface area contributed by atoms with E-state index in [1.54, 1.807) is 0 Å². The van der Waals surface area contributed by atoms with Crippen LogP contribution in [0.1, 0.15) is 120 Å². The number of hydrogen-bond acceptors (Lipinski definition) is 3. The Morgan fingerprint density at radius 3 is 2.19 bits per heavy atom. The molecule has 4 heteroatoms. The first kappa shape index (κ1) is 26.3. The van der Waals surface area contributed by atoms with Crippen LogP contribution >= 0.6 is 0 Å². The van der Waals surface area contributed by atoms with Gasteiger partial charge in [-0.2, -0.15) is 0 Å². The summed E-state index contributed by atoms with van der Waals surface area (Å²) in [5.41, 5.74) is 0.732. The highest BCUT2D eigenvalue weighted by atomic mass is 16.5. The summed E-state index contributed by atoms with van der Waals surface area (Å²) in [6.07, 6.45) is 12.6. The molecule has 8 atom stereocenters. The fourth-order valence-electron chi connectivity index (χ4n) is 11.0. The Balaban J connectivity index is 1.59. The van der Waals surface area contributed by atoms with E-state index in [1.165, 1.54) is 25.3 Å². The highest BCUT2D eigenvalue weighted by molar-refractivity contribution is 5.81. The van der Waals surface area contributed by atoms with Crippen molar-refractivity contribution in [3.63, 3.8) is 0 Å². The summed E-state index contributed by atoms with van der Waals surface area (Å²) in [6, 6.07) is 0. The van der Waals surface area contributed by atoms with Crippen molar-refractivity contribution in [1.82, 2.24) is 0 Å². The van der Waals surface area contributed by atoms with Gasteiger partial charge in [0.25, 0.3) is 0 Å². The molecular formula is C32H50O4. The molecule has 0 heterocycles. The van der Waals surface area contributed by atoms with Gasteiger partial charge in [-0.15, -0.1) is 0 Å². The lowest BCUT2D eigenvalue weighted by atomic mass is 9.33. The lowest BCUT2D eigenvalue weighted by Crippen LogP contribution is -2.67. The van der Waals surface area contributed by atoms with Crippen molar-refractivity contribution in [1.29, 1.82) is 0 Å². The number of aliphatic carboxylic acids is 1. The normalized spacial score (nSPS) is 48.8. The third-order valence-electron chi connectivity index (χ3n) is 13.1. The quantitative estimate of drug-likeness (QED) is 0.311. The van der Waals surface area contributed by atoms with Crippen LogP contribution in [0, 0.1) is 50.2 Å². The summed E-state index contributed by atoms with van der Waals surface area (Å²) in [6.45, 7) is 18.1. The minimum Gasteiger partial charge on any atom is -0.481 e. The van der Waals surface area contributed by atoms with E-state index in [2.05, 4.69) is 54.5 Å². The molecular weight excluding hydrogens is 448 g/mol. The number of rotatable bonds is 2. The van der Waals surface area contributed by atoms with Crippen LogP contribution < -0.4 is 0 Å². The number of ether oxygens (including phenoxy) is 1. The Bertz CT molecular complexity index is 992. The monoisotopic (exact) mass is 498 g/mol. The molecule has 0 aromatic carbocycles. The van der Waals surface area contributed by atoms with Crippen molar-refractivity contribution < 1.29 is 19.4 Å². The van der Waals surface area contributed by atoms with Gasteiger partial charge in [0.2, 0.25) is 0 Å². The number of carbonyl (C=O) groups excluding carboxylic acids is 1. The molecule has 0 saturated heterocycles. The molecule has 3 unspecified atom stereocenters. The molecule has 0 amide bonds. The van der Waals surface area contributed by atoms with E-state index < -0.39 is 11.4 Å². The van der Waals surface area contributed by atoms with Crippen molar-refractivity contribution in [3.8, 4) is 0 Å². The maximum atomic E-state index is 13.6. The highest BCUT2D eigenvalue weighted by Crippen LogP contribution is 2.76. The Hall–Kier alpha value is -1.32. The number of esters is 1. The molecule has 0 aromatic heterocycles. The summed E-state index contributed by atoms with van der Waals surface area (Å²) in [7, 11) is 0. The Morgan fingerprint density at radius 1 is 0.889 bits per heavy atom. The minimum absolute atomic E-state index is 0.0458. The van der Waals surface area contributed by atoms with Crippen molar-refractivity contribution in [3.05, 3.63) is 11.6 Å². The van der Waals surface area contributed by atoms with Crippen molar-refractivity contribution in [2.75, 3.05) is 0 Å². The van der Waals surface area contributed by atoms with E-state index in [0.717, 1.165) is 51.4 Å². The van der Waals surface area contributed by atoms with E-state index >= 15 is 0 Å². The maximum absolute atomic E-state index is 13.6.